The van der Waals surface area contributed by atoms with Crippen LogP contribution in [0.4, 0.5) is 0 Å². The van der Waals surface area contributed by atoms with Crippen LogP contribution in [-0.4, -0.2) is 35.6 Å². The number of aryl methyl sites for hydroxylation is 1. The molecule has 0 saturated heterocycles. The van der Waals surface area contributed by atoms with Gasteiger partial charge in [-0.2, -0.15) is 5.10 Å². The molecule has 1 aromatic heterocycles. The Hall–Kier alpha value is -0.870. The predicted molar refractivity (Wildman–Crippen MR) is 58.7 cm³/mol. The second kappa shape index (κ2) is 4.77. The van der Waals surface area contributed by atoms with Crippen LogP contribution in [0.3, 0.4) is 0 Å². The molecule has 1 heterocycles. The summed E-state index contributed by atoms with van der Waals surface area (Å²) in [7, 11) is 3.74. The van der Waals surface area contributed by atoms with E-state index in [4.69, 9.17) is 4.74 Å². The van der Waals surface area contributed by atoms with Crippen LogP contribution < -0.4 is 5.32 Å². The molecular formula is C11H19N3O. The molecule has 0 radical (unpaired) electrons. The Morgan fingerprint density at radius 1 is 1.60 bits per heavy atom. The van der Waals surface area contributed by atoms with Crippen molar-refractivity contribution in [1.82, 2.24) is 15.1 Å². The zero-order valence-electron chi connectivity index (χ0n) is 9.44. The minimum absolute atomic E-state index is 0.487. The maximum Gasteiger partial charge on any atom is 0.0601 e. The zero-order chi connectivity index (χ0) is 10.7. The number of hydrogen-bond donors (Lipinski definition) is 1. The summed E-state index contributed by atoms with van der Waals surface area (Å²) in [5.41, 5.74) is 1.30. The summed E-state index contributed by atoms with van der Waals surface area (Å²) in [6.45, 7) is 1.03. The molecule has 0 unspecified atom stereocenters. The molecule has 0 atom stereocenters. The number of hydrogen-bond acceptors (Lipinski definition) is 3. The Bertz CT molecular complexity index is 305. The molecule has 1 aliphatic rings. The lowest BCUT2D eigenvalue weighted by Gasteiger charge is -2.34. The number of nitrogens with zero attached hydrogens (tertiary/aromatic N) is 2. The molecule has 1 saturated carbocycles. The summed E-state index contributed by atoms with van der Waals surface area (Å²) in [6.07, 6.45) is 7.86. The molecule has 0 spiro atoms. The Labute approximate surface area is 90.6 Å². The van der Waals surface area contributed by atoms with Gasteiger partial charge in [-0.15, -0.1) is 0 Å². The maximum atomic E-state index is 5.23. The Kier molecular flexibility index (Phi) is 3.38. The van der Waals surface area contributed by atoms with E-state index in [0.29, 0.717) is 12.1 Å². The van der Waals surface area contributed by atoms with Crippen LogP contribution in [0.25, 0.3) is 0 Å². The molecule has 4 heteroatoms. The van der Waals surface area contributed by atoms with Gasteiger partial charge in [0.15, 0.2) is 0 Å². The second-order valence-corrected chi connectivity index (χ2v) is 4.25. The van der Waals surface area contributed by atoms with Crippen LogP contribution in [-0.2, 0) is 18.2 Å². The fourth-order valence-corrected chi connectivity index (χ4v) is 1.95. The van der Waals surface area contributed by atoms with Gasteiger partial charge in [0.2, 0.25) is 0 Å². The normalized spacial score (nSPS) is 25.2. The smallest absolute Gasteiger partial charge is 0.0601 e. The molecule has 0 aromatic carbocycles. The molecule has 1 aromatic rings. The molecule has 1 fully saturated rings. The van der Waals surface area contributed by atoms with Crippen molar-refractivity contribution in [3.63, 3.8) is 0 Å². The third-order valence-electron chi connectivity index (χ3n) is 3.03. The average Bonchev–Trinajstić information content (AvgIpc) is 2.55. The fraction of sp³-hybridized carbons (Fsp3) is 0.727. The Balaban J connectivity index is 1.60. The summed E-state index contributed by atoms with van der Waals surface area (Å²) < 4.78 is 7.08. The third-order valence-corrected chi connectivity index (χ3v) is 3.03. The van der Waals surface area contributed by atoms with Crippen molar-refractivity contribution < 1.29 is 4.74 Å². The van der Waals surface area contributed by atoms with E-state index in [2.05, 4.69) is 16.6 Å². The van der Waals surface area contributed by atoms with Crippen molar-refractivity contribution in [2.24, 2.45) is 7.05 Å². The maximum absolute atomic E-state index is 5.23. The van der Waals surface area contributed by atoms with Gasteiger partial charge in [-0.25, -0.2) is 0 Å². The van der Waals surface area contributed by atoms with Gasteiger partial charge in [-0.05, 0) is 31.4 Å². The van der Waals surface area contributed by atoms with Crippen molar-refractivity contribution in [1.29, 1.82) is 0 Å². The molecule has 0 aliphatic heterocycles. The monoisotopic (exact) mass is 209 g/mol. The quantitative estimate of drug-likeness (QED) is 0.777. The Morgan fingerprint density at radius 3 is 3.00 bits per heavy atom. The van der Waals surface area contributed by atoms with Gasteiger partial charge in [0.05, 0.1) is 12.3 Å². The molecule has 2 rings (SSSR count). The van der Waals surface area contributed by atoms with Crippen molar-refractivity contribution in [3.8, 4) is 0 Å². The Morgan fingerprint density at radius 2 is 2.40 bits per heavy atom. The molecule has 4 nitrogen and oxygen atoms in total. The highest BCUT2D eigenvalue weighted by molar-refractivity contribution is 5.04. The van der Waals surface area contributed by atoms with E-state index in [0.717, 1.165) is 25.8 Å². The lowest BCUT2D eigenvalue weighted by Crippen LogP contribution is -2.45. The van der Waals surface area contributed by atoms with E-state index in [1.54, 1.807) is 7.11 Å². The van der Waals surface area contributed by atoms with Gasteiger partial charge in [0.25, 0.3) is 0 Å². The molecule has 0 bridgehead atoms. The number of rotatable bonds is 5. The van der Waals surface area contributed by atoms with Gasteiger partial charge in [0.1, 0.15) is 0 Å². The fourth-order valence-electron chi connectivity index (χ4n) is 1.95. The highest BCUT2D eigenvalue weighted by Crippen LogP contribution is 2.22. The van der Waals surface area contributed by atoms with E-state index in [9.17, 15) is 0 Å². The summed E-state index contributed by atoms with van der Waals surface area (Å²) in [5.74, 6) is 0. The van der Waals surface area contributed by atoms with Crippen LogP contribution in [0.2, 0.25) is 0 Å². The lowest BCUT2D eigenvalue weighted by atomic mass is 9.89. The van der Waals surface area contributed by atoms with Gasteiger partial charge in [0, 0.05) is 26.4 Å². The summed E-state index contributed by atoms with van der Waals surface area (Å²) >= 11 is 0. The number of methoxy groups -OCH3 is 1. The van der Waals surface area contributed by atoms with Crippen LogP contribution in [0.1, 0.15) is 18.4 Å². The first-order valence-corrected chi connectivity index (χ1v) is 5.51. The first-order chi connectivity index (χ1) is 7.28. The van der Waals surface area contributed by atoms with Crippen molar-refractivity contribution in [2.75, 3.05) is 13.7 Å². The first kappa shape index (κ1) is 10.6. The zero-order valence-corrected chi connectivity index (χ0v) is 9.44. The summed E-state index contributed by atoms with van der Waals surface area (Å²) in [5, 5.41) is 7.67. The van der Waals surface area contributed by atoms with Gasteiger partial charge < -0.3 is 10.1 Å². The molecule has 1 N–H and O–H groups in total. The largest absolute Gasteiger partial charge is 0.381 e. The summed E-state index contributed by atoms with van der Waals surface area (Å²) in [4.78, 5) is 0. The molecule has 15 heavy (non-hydrogen) atoms. The van der Waals surface area contributed by atoms with E-state index in [-0.39, 0.29) is 0 Å². The minimum Gasteiger partial charge on any atom is -0.381 e. The summed E-state index contributed by atoms with van der Waals surface area (Å²) in [6, 6.07) is 0.659. The number of ether oxygens (including phenoxy) is 1. The van der Waals surface area contributed by atoms with E-state index in [1.807, 2.05) is 17.9 Å². The standard InChI is InChI=1S/C11H19N3O/c1-14-8-9(7-13-14)3-4-12-10-5-11(6-10)15-2/h7-8,10-12H,3-6H2,1-2H3. The van der Waals surface area contributed by atoms with E-state index >= 15 is 0 Å². The van der Waals surface area contributed by atoms with Crippen LogP contribution in [0, 0.1) is 0 Å². The highest BCUT2D eigenvalue weighted by atomic mass is 16.5. The second-order valence-electron chi connectivity index (χ2n) is 4.25. The van der Waals surface area contributed by atoms with Gasteiger partial charge >= 0.3 is 0 Å². The average molecular weight is 209 g/mol. The topological polar surface area (TPSA) is 39.1 Å². The first-order valence-electron chi connectivity index (χ1n) is 5.51. The lowest BCUT2D eigenvalue weighted by molar-refractivity contribution is 0.0177. The highest BCUT2D eigenvalue weighted by Gasteiger charge is 2.27. The van der Waals surface area contributed by atoms with Crippen LogP contribution in [0.15, 0.2) is 12.4 Å². The van der Waals surface area contributed by atoms with Crippen molar-refractivity contribution >= 4 is 0 Å². The van der Waals surface area contributed by atoms with E-state index < -0.39 is 0 Å². The van der Waals surface area contributed by atoms with E-state index in [1.165, 1.54) is 5.56 Å². The molecular weight excluding hydrogens is 190 g/mol. The number of aromatic nitrogens is 2. The van der Waals surface area contributed by atoms with Crippen LogP contribution >= 0.6 is 0 Å². The SMILES string of the molecule is COC1CC(NCCc2cnn(C)c2)C1. The number of nitrogens with one attached hydrogen (secondary N) is 1. The van der Waals surface area contributed by atoms with Gasteiger partial charge in [-0.1, -0.05) is 0 Å². The molecule has 0 amide bonds. The van der Waals surface area contributed by atoms with Crippen molar-refractivity contribution in [3.05, 3.63) is 18.0 Å². The van der Waals surface area contributed by atoms with Gasteiger partial charge in [-0.3, -0.25) is 4.68 Å². The van der Waals surface area contributed by atoms with Crippen molar-refractivity contribution in [2.45, 2.75) is 31.4 Å². The third kappa shape index (κ3) is 2.79. The predicted octanol–water partition coefficient (Wildman–Crippen LogP) is 0.730. The molecule has 84 valence electrons. The molecule has 1 aliphatic carbocycles. The van der Waals surface area contributed by atoms with Crippen LogP contribution in [0.5, 0.6) is 0 Å². The minimum atomic E-state index is 0.487.